The summed E-state index contributed by atoms with van der Waals surface area (Å²) in [6.45, 7) is 1.98. The van der Waals surface area contributed by atoms with Crippen LogP contribution in [-0.2, 0) is 17.5 Å². The summed E-state index contributed by atoms with van der Waals surface area (Å²) in [7, 11) is 0. The van der Waals surface area contributed by atoms with Gasteiger partial charge in [-0.2, -0.15) is 13.2 Å². The van der Waals surface area contributed by atoms with Gasteiger partial charge in [0.2, 0.25) is 5.91 Å². The molecule has 1 N–H and O–H groups in total. The van der Waals surface area contributed by atoms with Crippen LogP contribution in [0, 0.1) is 11.8 Å². The molecular weight excluding hydrogens is 503 g/mol. The molecule has 1 atom stereocenters. The number of aromatic nitrogens is 4. The highest BCUT2D eigenvalue weighted by Crippen LogP contribution is 2.36. The molecule has 198 valence electrons. The second kappa shape index (κ2) is 8.97. The zero-order valence-electron chi connectivity index (χ0n) is 21.1. The van der Waals surface area contributed by atoms with Gasteiger partial charge >= 0.3 is 6.18 Å². The lowest BCUT2D eigenvalue weighted by Gasteiger charge is -2.18. The van der Waals surface area contributed by atoms with Crippen molar-refractivity contribution in [3.05, 3.63) is 72.7 Å². The predicted molar refractivity (Wildman–Crippen MR) is 143 cm³/mol. The molecule has 2 aromatic carbocycles. The molecule has 1 amide bonds. The molecule has 6 nitrogen and oxygen atoms in total. The first kappa shape index (κ1) is 23.9. The molecule has 39 heavy (non-hydrogen) atoms. The largest absolute Gasteiger partial charge is 0.416 e. The number of hydrogen-bond acceptors (Lipinski definition) is 3. The van der Waals surface area contributed by atoms with Crippen LogP contribution in [0.2, 0.25) is 0 Å². The molecule has 9 heteroatoms. The number of imidazole rings is 1. The van der Waals surface area contributed by atoms with Crippen molar-refractivity contribution in [2.75, 3.05) is 13.1 Å². The van der Waals surface area contributed by atoms with Gasteiger partial charge in [0.15, 0.2) is 0 Å². The van der Waals surface area contributed by atoms with E-state index in [1.165, 1.54) is 6.07 Å². The lowest BCUT2D eigenvalue weighted by Crippen LogP contribution is -2.30. The van der Waals surface area contributed by atoms with Gasteiger partial charge in [0.05, 0.1) is 16.6 Å². The number of hydrogen-bond donors (Lipinski definition) is 1. The number of pyridine rings is 1. The van der Waals surface area contributed by atoms with Crippen LogP contribution in [0.3, 0.4) is 0 Å². The average molecular weight is 530 g/mol. The maximum atomic E-state index is 13.5. The van der Waals surface area contributed by atoms with Crippen molar-refractivity contribution < 1.29 is 18.0 Å². The first-order chi connectivity index (χ1) is 18.8. The molecule has 2 aliphatic rings. The summed E-state index contributed by atoms with van der Waals surface area (Å²) in [5, 5.41) is 1.02. The van der Waals surface area contributed by atoms with Crippen molar-refractivity contribution in [3.63, 3.8) is 0 Å². The maximum absolute atomic E-state index is 13.5. The van der Waals surface area contributed by atoms with E-state index in [1.807, 2.05) is 52.2 Å². The van der Waals surface area contributed by atoms with Crippen LogP contribution in [-0.4, -0.2) is 43.4 Å². The predicted octanol–water partition coefficient (Wildman–Crippen LogP) is 6.52. The van der Waals surface area contributed by atoms with Crippen LogP contribution in [0.4, 0.5) is 13.2 Å². The maximum Gasteiger partial charge on any atom is 0.416 e. The minimum absolute atomic E-state index is 0.181. The Kier molecular flexibility index (Phi) is 5.50. The number of aromatic amines is 1. The Morgan fingerprint density at radius 3 is 2.59 bits per heavy atom. The first-order valence-electron chi connectivity index (χ1n) is 13.2. The van der Waals surface area contributed by atoms with Crippen molar-refractivity contribution in [1.29, 1.82) is 0 Å². The van der Waals surface area contributed by atoms with Gasteiger partial charge in [-0.05, 0) is 55.0 Å². The summed E-state index contributed by atoms with van der Waals surface area (Å²) >= 11 is 0. The molecule has 5 aromatic rings. The number of carbonyl (C=O) groups excluding carboxylic acids is 1. The normalized spacial score (nSPS) is 17.9. The number of fused-ring (bicyclic) bond motifs is 2. The number of rotatable bonds is 5. The molecule has 3 aromatic heterocycles. The Bertz CT molecular complexity index is 1700. The van der Waals surface area contributed by atoms with E-state index < -0.39 is 11.7 Å². The summed E-state index contributed by atoms with van der Waals surface area (Å²) in [5.41, 5.74) is 4.12. The number of halogens is 3. The van der Waals surface area contributed by atoms with Gasteiger partial charge in [0.1, 0.15) is 5.82 Å². The molecule has 7 rings (SSSR count). The van der Waals surface area contributed by atoms with Gasteiger partial charge in [-0.1, -0.05) is 24.3 Å². The van der Waals surface area contributed by atoms with Gasteiger partial charge in [0, 0.05) is 66.2 Å². The zero-order chi connectivity index (χ0) is 26.7. The lowest BCUT2D eigenvalue weighted by molar-refractivity contribution is -0.137. The number of amides is 1. The monoisotopic (exact) mass is 529 g/mol. The lowest BCUT2D eigenvalue weighted by atomic mass is 10.0. The first-order valence-corrected chi connectivity index (χ1v) is 13.2. The van der Waals surface area contributed by atoms with E-state index >= 15 is 0 Å². The Morgan fingerprint density at radius 2 is 1.82 bits per heavy atom. The highest BCUT2D eigenvalue weighted by atomic mass is 19.4. The molecule has 0 radical (unpaired) electrons. The third-order valence-electron chi connectivity index (χ3n) is 7.98. The fourth-order valence-electron chi connectivity index (χ4n) is 5.74. The van der Waals surface area contributed by atoms with E-state index in [-0.39, 0.29) is 17.7 Å². The molecule has 1 saturated heterocycles. The number of nitrogens with one attached hydrogen (secondary N) is 1. The standard InChI is InChI=1S/C30H26F3N5O/c31-30(32,33)22-7-8-27-26(13-22)36-28(38(27)17-18-10-12-37(16-18)29(39)21-5-6-21)20-3-1-19(2-4-20)23-15-35-25-9-11-34-14-24(23)25/h1-4,7-9,11,13-15,18,21,35H,5-6,10,12,16-17H2/t18-/m0/s1. The zero-order valence-corrected chi connectivity index (χ0v) is 21.1. The third-order valence-corrected chi connectivity index (χ3v) is 7.98. The minimum Gasteiger partial charge on any atom is -0.360 e. The van der Waals surface area contributed by atoms with Crippen LogP contribution in [0.25, 0.3) is 44.5 Å². The molecule has 0 bridgehead atoms. The average Bonchev–Trinajstić information content (AvgIpc) is 3.37. The number of carbonyl (C=O) groups is 1. The van der Waals surface area contributed by atoms with Gasteiger partial charge in [0.25, 0.3) is 0 Å². The van der Waals surface area contributed by atoms with Crippen molar-refractivity contribution in [2.45, 2.75) is 32.0 Å². The van der Waals surface area contributed by atoms with Crippen LogP contribution in [0.15, 0.2) is 67.1 Å². The SMILES string of the molecule is O=C(C1CC1)N1CC[C@H](Cn2c(-c3ccc(-c4c[nH]c5ccncc45)cc3)nc3cc(C(F)(F)F)ccc32)C1. The van der Waals surface area contributed by atoms with Crippen molar-refractivity contribution in [2.24, 2.45) is 11.8 Å². The highest BCUT2D eigenvalue weighted by Gasteiger charge is 2.37. The second-order valence-electron chi connectivity index (χ2n) is 10.7. The number of H-pyrrole nitrogens is 1. The topological polar surface area (TPSA) is 66.8 Å². The molecule has 0 spiro atoms. The van der Waals surface area contributed by atoms with Gasteiger partial charge in [-0.15, -0.1) is 0 Å². The number of alkyl halides is 3. The number of likely N-dealkylation sites (tertiary alicyclic amines) is 1. The minimum atomic E-state index is -4.44. The van der Waals surface area contributed by atoms with E-state index in [0.29, 0.717) is 29.9 Å². The summed E-state index contributed by atoms with van der Waals surface area (Å²) in [6.07, 6.45) is 3.89. The second-order valence-corrected chi connectivity index (χ2v) is 10.7. The van der Waals surface area contributed by atoms with E-state index in [2.05, 4.69) is 9.97 Å². The molecule has 1 aliphatic carbocycles. The van der Waals surface area contributed by atoms with Gasteiger partial charge < -0.3 is 14.5 Å². The van der Waals surface area contributed by atoms with E-state index in [1.54, 1.807) is 6.20 Å². The summed E-state index contributed by atoms with van der Waals surface area (Å²) < 4.78 is 42.4. The quantitative estimate of drug-likeness (QED) is 0.282. The molecule has 2 fully saturated rings. The van der Waals surface area contributed by atoms with Crippen molar-refractivity contribution >= 4 is 27.8 Å². The molecule has 1 saturated carbocycles. The van der Waals surface area contributed by atoms with E-state index in [0.717, 1.165) is 65.5 Å². The molecular formula is C30H26F3N5O. The van der Waals surface area contributed by atoms with Gasteiger partial charge in [-0.25, -0.2) is 4.98 Å². The van der Waals surface area contributed by atoms with Crippen LogP contribution in [0.5, 0.6) is 0 Å². The van der Waals surface area contributed by atoms with E-state index in [4.69, 9.17) is 4.98 Å². The molecule has 1 aliphatic heterocycles. The summed E-state index contributed by atoms with van der Waals surface area (Å²) in [6, 6.07) is 13.6. The third kappa shape index (κ3) is 4.35. The number of benzene rings is 2. The highest BCUT2D eigenvalue weighted by molar-refractivity contribution is 5.95. The summed E-state index contributed by atoms with van der Waals surface area (Å²) in [4.78, 5) is 26.7. The smallest absolute Gasteiger partial charge is 0.360 e. The summed E-state index contributed by atoms with van der Waals surface area (Å²) in [5.74, 6) is 1.26. The van der Waals surface area contributed by atoms with Crippen molar-refractivity contribution in [3.8, 4) is 22.5 Å². The Labute approximate surface area is 222 Å². The number of nitrogens with zero attached hydrogens (tertiary/aromatic N) is 4. The Hall–Kier alpha value is -4.14. The fourth-order valence-corrected chi connectivity index (χ4v) is 5.74. The fraction of sp³-hybridized carbons (Fsp3) is 0.300. The van der Waals surface area contributed by atoms with Gasteiger partial charge in [-0.3, -0.25) is 9.78 Å². The Balaban J connectivity index is 1.25. The van der Waals surface area contributed by atoms with Crippen molar-refractivity contribution in [1.82, 2.24) is 24.4 Å². The molecule has 4 heterocycles. The van der Waals surface area contributed by atoms with Crippen LogP contribution < -0.4 is 0 Å². The van der Waals surface area contributed by atoms with E-state index in [9.17, 15) is 18.0 Å². The van der Waals surface area contributed by atoms with Crippen LogP contribution in [0.1, 0.15) is 24.8 Å². The molecule has 0 unspecified atom stereocenters. The van der Waals surface area contributed by atoms with Crippen LogP contribution >= 0.6 is 0 Å². The Morgan fingerprint density at radius 1 is 1.03 bits per heavy atom.